The first kappa shape index (κ1) is 20.3. The van der Waals surface area contributed by atoms with E-state index in [9.17, 15) is 4.79 Å². The first-order valence-electron chi connectivity index (χ1n) is 8.97. The van der Waals surface area contributed by atoms with Crippen LogP contribution in [0.2, 0.25) is 0 Å². The number of hydrogen-bond acceptors (Lipinski definition) is 4. The Morgan fingerprint density at radius 3 is 2.68 bits per heavy atom. The van der Waals surface area contributed by atoms with Crippen molar-refractivity contribution in [2.45, 2.75) is 32.6 Å². The van der Waals surface area contributed by atoms with Gasteiger partial charge in [-0.3, -0.25) is 4.79 Å². The maximum Gasteiger partial charge on any atom is 0.252 e. The number of unbranched alkanes of at least 4 members (excludes halogenated alkanes) is 1. The molecule has 5 nitrogen and oxygen atoms in total. The lowest BCUT2D eigenvalue weighted by atomic mass is 10.0. The number of benzene rings is 1. The Hall–Kier alpha value is -1.02. The molecule has 1 fully saturated rings. The van der Waals surface area contributed by atoms with Crippen LogP contribution in [-0.2, 0) is 0 Å². The molecule has 0 spiro atoms. The summed E-state index contributed by atoms with van der Waals surface area (Å²) in [6.45, 7) is 6.61. The topological polar surface area (TPSA) is 50.8 Å². The van der Waals surface area contributed by atoms with E-state index in [2.05, 4.69) is 39.7 Å². The number of piperidine rings is 1. The molecule has 1 amide bonds. The van der Waals surface area contributed by atoms with Gasteiger partial charge in [-0.25, -0.2) is 0 Å². The lowest BCUT2D eigenvalue weighted by Crippen LogP contribution is -2.35. The standard InChI is InChI=1S/C19H29IN2O3/c1-14-7-6-10-22(13-14)9-5-4-8-21-19(23)15-11-17(24-2)18(25-3)12-16(15)20/h11-12,14H,4-10,13H2,1-3H3,(H,21,23). The van der Waals surface area contributed by atoms with Crippen LogP contribution in [-0.4, -0.2) is 51.2 Å². The predicted octanol–water partition coefficient (Wildman–Crippen LogP) is 3.55. The highest BCUT2D eigenvalue weighted by Crippen LogP contribution is 2.31. The van der Waals surface area contributed by atoms with Crippen LogP contribution in [0, 0.1) is 9.49 Å². The number of rotatable bonds is 8. The van der Waals surface area contributed by atoms with E-state index in [0.717, 1.165) is 28.9 Å². The molecule has 0 aliphatic carbocycles. The second-order valence-electron chi connectivity index (χ2n) is 6.70. The second-order valence-corrected chi connectivity index (χ2v) is 7.86. The smallest absolute Gasteiger partial charge is 0.252 e. The molecule has 1 aliphatic rings. The van der Waals surface area contributed by atoms with Gasteiger partial charge in [-0.1, -0.05) is 6.92 Å². The summed E-state index contributed by atoms with van der Waals surface area (Å²) in [4.78, 5) is 15.0. The molecule has 0 aromatic heterocycles. The molecule has 1 atom stereocenters. The Morgan fingerprint density at radius 2 is 2.00 bits per heavy atom. The largest absolute Gasteiger partial charge is 0.493 e. The Balaban J connectivity index is 1.76. The maximum absolute atomic E-state index is 12.4. The number of ether oxygens (including phenoxy) is 2. The van der Waals surface area contributed by atoms with Crippen LogP contribution in [0.3, 0.4) is 0 Å². The second kappa shape index (κ2) is 10.2. The lowest BCUT2D eigenvalue weighted by Gasteiger charge is -2.30. The summed E-state index contributed by atoms with van der Waals surface area (Å²) in [5.41, 5.74) is 0.628. The van der Waals surface area contributed by atoms with Crippen LogP contribution >= 0.6 is 22.6 Å². The van der Waals surface area contributed by atoms with Crippen molar-refractivity contribution in [3.05, 3.63) is 21.3 Å². The van der Waals surface area contributed by atoms with E-state index in [-0.39, 0.29) is 5.91 Å². The molecule has 2 rings (SSSR count). The van der Waals surface area contributed by atoms with Crippen molar-refractivity contribution in [3.63, 3.8) is 0 Å². The average molecular weight is 460 g/mol. The fourth-order valence-corrected chi connectivity index (χ4v) is 3.96. The van der Waals surface area contributed by atoms with Crippen LogP contribution in [0.1, 0.15) is 43.0 Å². The first-order valence-corrected chi connectivity index (χ1v) is 10.0. The van der Waals surface area contributed by atoms with Crippen LogP contribution in [0.5, 0.6) is 11.5 Å². The predicted molar refractivity (Wildman–Crippen MR) is 109 cm³/mol. The average Bonchev–Trinajstić information content (AvgIpc) is 2.61. The Kier molecular flexibility index (Phi) is 8.29. The normalized spacial score (nSPS) is 18.0. The van der Waals surface area contributed by atoms with E-state index in [1.165, 1.54) is 25.9 Å². The summed E-state index contributed by atoms with van der Waals surface area (Å²) >= 11 is 2.15. The van der Waals surface area contributed by atoms with Gasteiger partial charge in [-0.2, -0.15) is 0 Å². The Morgan fingerprint density at radius 1 is 1.28 bits per heavy atom. The molecule has 1 saturated heterocycles. The van der Waals surface area contributed by atoms with Gasteiger partial charge in [0.1, 0.15) is 0 Å². The van der Waals surface area contributed by atoms with Crippen LogP contribution in [0.15, 0.2) is 12.1 Å². The number of likely N-dealkylation sites (tertiary alicyclic amines) is 1. The third-order valence-corrected chi connectivity index (χ3v) is 5.54. The SMILES string of the molecule is COc1cc(I)c(C(=O)NCCCCN2CCCC(C)C2)cc1OC. The molecule has 1 N–H and O–H groups in total. The monoisotopic (exact) mass is 460 g/mol. The first-order chi connectivity index (χ1) is 12.0. The molecule has 1 aliphatic heterocycles. The Bertz CT molecular complexity index is 580. The molecule has 1 heterocycles. The fraction of sp³-hybridized carbons (Fsp3) is 0.632. The van der Waals surface area contributed by atoms with Gasteiger partial charge in [0.25, 0.3) is 5.91 Å². The quantitative estimate of drug-likeness (QED) is 0.477. The van der Waals surface area contributed by atoms with Crippen molar-refractivity contribution < 1.29 is 14.3 Å². The zero-order valence-corrected chi connectivity index (χ0v) is 17.6. The molecule has 1 aromatic carbocycles. The number of halogens is 1. The van der Waals surface area contributed by atoms with E-state index in [4.69, 9.17) is 9.47 Å². The van der Waals surface area contributed by atoms with Gasteiger partial charge in [0.05, 0.1) is 19.8 Å². The van der Waals surface area contributed by atoms with Crippen molar-refractivity contribution in [3.8, 4) is 11.5 Å². The molecule has 6 heteroatoms. The minimum Gasteiger partial charge on any atom is -0.493 e. The fourth-order valence-electron chi connectivity index (χ4n) is 3.28. The van der Waals surface area contributed by atoms with Crippen molar-refractivity contribution in [2.24, 2.45) is 5.92 Å². The molecule has 1 aromatic rings. The number of methoxy groups -OCH3 is 2. The Labute approximate surface area is 164 Å². The van der Waals surface area contributed by atoms with Gasteiger partial charge < -0.3 is 19.7 Å². The summed E-state index contributed by atoms with van der Waals surface area (Å²) in [5.74, 6) is 1.98. The van der Waals surface area contributed by atoms with Gasteiger partial charge in [-0.15, -0.1) is 0 Å². The zero-order chi connectivity index (χ0) is 18.2. The number of hydrogen-bond donors (Lipinski definition) is 1. The van der Waals surface area contributed by atoms with Gasteiger partial charge in [0.15, 0.2) is 11.5 Å². The molecular weight excluding hydrogens is 431 g/mol. The zero-order valence-electron chi connectivity index (χ0n) is 15.4. The highest BCUT2D eigenvalue weighted by atomic mass is 127. The van der Waals surface area contributed by atoms with E-state index in [0.29, 0.717) is 23.6 Å². The van der Waals surface area contributed by atoms with Crippen LogP contribution in [0.25, 0.3) is 0 Å². The van der Waals surface area contributed by atoms with E-state index < -0.39 is 0 Å². The summed E-state index contributed by atoms with van der Waals surface area (Å²) in [6, 6.07) is 3.57. The van der Waals surface area contributed by atoms with Crippen molar-refractivity contribution in [1.82, 2.24) is 10.2 Å². The van der Waals surface area contributed by atoms with Crippen molar-refractivity contribution in [1.29, 1.82) is 0 Å². The van der Waals surface area contributed by atoms with E-state index in [1.807, 2.05) is 6.07 Å². The minimum absolute atomic E-state index is 0.0584. The van der Waals surface area contributed by atoms with Gasteiger partial charge >= 0.3 is 0 Å². The maximum atomic E-state index is 12.4. The molecule has 0 radical (unpaired) electrons. The van der Waals surface area contributed by atoms with Crippen molar-refractivity contribution in [2.75, 3.05) is 40.4 Å². The number of nitrogens with one attached hydrogen (secondary N) is 1. The van der Waals surface area contributed by atoms with Crippen molar-refractivity contribution >= 4 is 28.5 Å². The molecule has 25 heavy (non-hydrogen) atoms. The summed E-state index contributed by atoms with van der Waals surface area (Å²) in [6.07, 6.45) is 4.79. The molecule has 140 valence electrons. The van der Waals surface area contributed by atoms with Gasteiger partial charge in [-0.05, 0) is 79.4 Å². The molecule has 0 saturated carbocycles. The molecule has 1 unspecified atom stereocenters. The lowest BCUT2D eigenvalue weighted by molar-refractivity contribution is 0.0951. The third kappa shape index (κ3) is 6.02. The minimum atomic E-state index is -0.0584. The number of carbonyl (C=O) groups is 1. The number of amides is 1. The van der Waals surface area contributed by atoms with Gasteiger partial charge in [0, 0.05) is 16.7 Å². The third-order valence-electron chi connectivity index (χ3n) is 4.65. The highest BCUT2D eigenvalue weighted by molar-refractivity contribution is 14.1. The van der Waals surface area contributed by atoms with E-state index >= 15 is 0 Å². The summed E-state index contributed by atoms with van der Waals surface area (Å²) in [5, 5.41) is 3.02. The van der Waals surface area contributed by atoms with E-state index in [1.54, 1.807) is 20.3 Å². The highest BCUT2D eigenvalue weighted by Gasteiger charge is 2.16. The molecular formula is C19H29IN2O3. The van der Waals surface area contributed by atoms with Crippen LogP contribution in [0.4, 0.5) is 0 Å². The summed E-state index contributed by atoms with van der Waals surface area (Å²) in [7, 11) is 3.17. The molecule has 0 bridgehead atoms. The number of nitrogens with zero attached hydrogens (tertiary/aromatic N) is 1. The van der Waals surface area contributed by atoms with Crippen LogP contribution < -0.4 is 14.8 Å². The van der Waals surface area contributed by atoms with Gasteiger partial charge in [0.2, 0.25) is 0 Å². The summed E-state index contributed by atoms with van der Waals surface area (Å²) < 4.78 is 11.4. The number of carbonyl (C=O) groups excluding carboxylic acids is 1.